The third kappa shape index (κ3) is 5.50. The van der Waals surface area contributed by atoms with Crippen LogP contribution in [0.3, 0.4) is 0 Å². The highest BCUT2D eigenvalue weighted by Gasteiger charge is 2.03. The first-order valence-corrected chi connectivity index (χ1v) is 6.21. The standard InChI is InChI=1S/C10H19N3O2S/c1-11-5-3-4-9-12-13-10(16-9)8-15-7-6-14-2/h11H,3-8H2,1-2H3. The van der Waals surface area contributed by atoms with Gasteiger partial charge in [0.25, 0.3) is 0 Å². The lowest BCUT2D eigenvalue weighted by molar-refractivity contribution is 0.0613. The Morgan fingerprint density at radius 3 is 2.81 bits per heavy atom. The summed E-state index contributed by atoms with van der Waals surface area (Å²) in [6.45, 7) is 2.77. The first kappa shape index (κ1) is 13.5. The predicted molar refractivity (Wildman–Crippen MR) is 63.7 cm³/mol. The van der Waals surface area contributed by atoms with Crippen LogP contribution in [0.4, 0.5) is 0 Å². The Hall–Kier alpha value is -0.560. The second kappa shape index (κ2) is 8.58. The summed E-state index contributed by atoms with van der Waals surface area (Å²) in [6.07, 6.45) is 2.08. The summed E-state index contributed by atoms with van der Waals surface area (Å²) >= 11 is 1.63. The van der Waals surface area contributed by atoms with E-state index in [4.69, 9.17) is 9.47 Å². The quantitative estimate of drug-likeness (QED) is 0.654. The SMILES string of the molecule is CNCCCc1nnc(COCCOC)s1. The Bertz CT molecular complexity index is 281. The zero-order chi connectivity index (χ0) is 11.6. The van der Waals surface area contributed by atoms with E-state index in [0.29, 0.717) is 19.8 Å². The molecular formula is C10H19N3O2S. The van der Waals surface area contributed by atoms with Gasteiger partial charge in [0.05, 0.1) is 13.2 Å². The molecule has 0 saturated carbocycles. The molecule has 92 valence electrons. The van der Waals surface area contributed by atoms with Crippen LogP contribution in [-0.2, 0) is 22.5 Å². The number of aryl methyl sites for hydroxylation is 1. The summed E-state index contributed by atoms with van der Waals surface area (Å²) in [4.78, 5) is 0. The molecule has 0 fully saturated rings. The zero-order valence-electron chi connectivity index (χ0n) is 9.86. The van der Waals surface area contributed by atoms with E-state index in [1.807, 2.05) is 7.05 Å². The van der Waals surface area contributed by atoms with Crippen LogP contribution in [0, 0.1) is 0 Å². The van der Waals surface area contributed by atoms with Crippen molar-refractivity contribution in [2.24, 2.45) is 0 Å². The number of hydrogen-bond donors (Lipinski definition) is 1. The molecule has 0 unspecified atom stereocenters. The van der Waals surface area contributed by atoms with Crippen LogP contribution >= 0.6 is 11.3 Å². The van der Waals surface area contributed by atoms with Crippen LogP contribution in [0.25, 0.3) is 0 Å². The van der Waals surface area contributed by atoms with Gasteiger partial charge in [-0.15, -0.1) is 10.2 Å². The first-order chi connectivity index (χ1) is 7.86. The van der Waals surface area contributed by atoms with Gasteiger partial charge in [0.15, 0.2) is 0 Å². The lowest BCUT2D eigenvalue weighted by Crippen LogP contribution is -2.08. The van der Waals surface area contributed by atoms with E-state index in [9.17, 15) is 0 Å². The Morgan fingerprint density at radius 1 is 1.25 bits per heavy atom. The van der Waals surface area contributed by atoms with E-state index < -0.39 is 0 Å². The van der Waals surface area contributed by atoms with Crippen LogP contribution in [0.1, 0.15) is 16.4 Å². The number of methoxy groups -OCH3 is 1. The second-order valence-electron chi connectivity index (χ2n) is 3.34. The summed E-state index contributed by atoms with van der Waals surface area (Å²) in [5, 5.41) is 13.3. The molecule has 5 nitrogen and oxygen atoms in total. The molecule has 1 heterocycles. The van der Waals surface area contributed by atoms with E-state index in [2.05, 4.69) is 15.5 Å². The molecule has 1 N–H and O–H groups in total. The molecule has 16 heavy (non-hydrogen) atoms. The summed E-state index contributed by atoms with van der Waals surface area (Å²) in [5.41, 5.74) is 0. The number of aromatic nitrogens is 2. The Labute approximate surface area is 100 Å². The Morgan fingerprint density at radius 2 is 2.06 bits per heavy atom. The largest absolute Gasteiger partial charge is 0.382 e. The minimum absolute atomic E-state index is 0.535. The lowest BCUT2D eigenvalue weighted by atomic mass is 10.3. The lowest BCUT2D eigenvalue weighted by Gasteiger charge is -1.99. The predicted octanol–water partition coefficient (Wildman–Crippen LogP) is 0.853. The van der Waals surface area contributed by atoms with Crippen LogP contribution in [0.5, 0.6) is 0 Å². The fraction of sp³-hybridized carbons (Fsp3) is 0.800. The van der Waals surface area contributed by atoms with Crippen molar-refractivity contribution in [2.75, 3.05) is 33.9 Å². The molecule has 0 radical (unpaired) electrons. The average molecular weight is 245 g/mol. The van der Waals surface area contributed by atoms with E-state index in [0.717, 1.165) is 29.4 Å². The highest BCUT2D eigenvalue weighted by atomic mass is 32.1. The molecule has 0 saturated heterocycles. The molecule has 1 rings (SSSR count). The van der Waals surface area contributed by atoms with Crippen molar-refractivity contribution < 1.29 is 9.47 Å². The minimum atomic E-state index is 0.535. The molecule has 0 bridgehead atoms. The number of nitrogens with one attached hydrogen (secondary N) is 1. The number of ether oxygens (including phenoxy) is 2. The number of hydrogen-bond acceptors (Lipinski definition) is 6. The highest BCUT2D eigenvalue weighted by molar-refractivity contribution is 7.11. The van der Waals surface area contributed by atoms with Gasteiger partial charge in [0, 0.05) is 13.5 Å². The van der Waals surface area contributed by atoms with Gasteiger partial charge in [-0.2, -0.15) is 0 Å². The fourth-order valence-corrected chi connectivity index (χ4v) is 1.99. The summed E-state index contributed by atoms with van der Waals surface area (Å²) in [5.74, 6) is 0. The molecule has 1 aromatic heterocycles. The Balaban J connectivity index is 2.17. The molecule has 0 aliphatic carbocycles. The number of nitrogens with zero attached hydrogens (tertiary/aromatic N) is 2. The normalized spacial score (nSPS) is 10.9. The van der Waals surface area contributed by atoms with Crippen LogP contribution in [0.2, 0.25) is 0 Å². The molecule has 0 amide bonds. The van der Waals surface area contributed by atoms with E-state index in [1.165, 1.54) is 0 Å². The van der Waals surface area contributed by atoms with Gasteiger partial charge in [-0.1, -0.05) is 11.3 Å². The monoisotopic (exact) mass is 245 g/mol. The van der Waals surface area contributed by atoms with Crippen LogP contribution < -0.4 is 5.32 Å². The van der Waals surface area contributed by atoms with Crippen LogP contribution in [0.15, 0.2) is 0 Å². The van der Waals surface area contributed by atoms with Crippen molar-refractivity contribution in [3.05, 3.63) is 10.0 Å². The number of rotatable bonds is 9. The van der Waals surface area contributed by atoms with Gasteiger partial charge in [-0.05, 0) is 20.0 Å². The first-order valence-electron chi connectivity index (χ1n) is 5.39. The third-order valence-corrected chi connectivity index (χ3v) is 2.94. The molecule has 6 heteroatoms. The molecule has 0 aliphatic heterocycles. The van der Waals surface area contributed by atoms with Crippen molar-refractivity contribution in [1.82, 2.24) is 15.5 Å². The smallest absolute Gasteiger partial charge is 0.143 e. The topological polar surface area (TPSA) is 56.3 Å². The minimum Gasteiger partial charge on any atom is -0.382 e. The van der Waals surface area contributed by atoms with E-state index >= 15 is 0 Å². The van der Waals surface area contributed by atoms with Crippen molar-refractivity contribution in [3.63, 3.8) is 0 Å². The van der Waals surface area contributed by atoms with Crippen molar-refractivity contribution in [2.45, 2.75) is 19.4 Å². The molecule has 0 aromatic carbocycles. The Kier molecular flexibility index (Phi) is 7.24. The maximum absolute atomic E-state index is 5.37. The van der Waals surface area contributed by atoms with Crippen molar-refractivity contribution in [1.29, 1.82) is 0 Å². The van der Waals surface area contributed by atoms with Gasteiger partial charge >= 0.3 is 0 Å². The van der Waals surface area contributed by atoms with E-state index in [1.54, 1.807) is 18.4 Å². The summed E-state index contributed by atoms with van der Waals surface area (Å²) < 4.78 is 10.3. The van der Waals surface area contributed by atoms with Gasteiger partial charge in [0.2, 0.25) is 0 Å². The zero-order valence-corrected chi connectivity index (χ0v) is 10.7. The summed E-state index contributed by atoms with van der Waals surface area (Å²) in [6, 6.07) is 0. The fourth-order valence-electron chi connectivity index (χ4n) is 1.17. The average Bonchev–Trinajstić information content (AvgIpc) is 2.73. The van der Waals surface area contributed by atoms with Gasteiger partial charge in [-0.3, -0.25) is 0 Å². The maximum Gasteiger partial charge on any atom is 0.143 e. The molecule has 0 atom stereocenters. The molecular weight excluding hydrogens is 226 g/mol. The van der Waals surface area contributed by atoms with Gasteiger partial charge < -0.3 is 14.8 Å². The van der Waals surface area contributed by atoms with Crippen molar-refractivity contribution >= 4 is 11.3 Å². The van der Waals surface area contributed by atoms with Gasteiger partial charge in [0.1, 0.15) is 16.6 Å². The van der Waals surface area contributed by atoms with Crippen molar-refractivity contribution in [3.8, 4) is 0 Å². The third-order valence-electron chi connectivity index (χ3n) is 1.98. The highest BCUT2D eigenvalue weighted by Crippen LogP contribution is 2.12. The maximum atomic E-state index is 5.37. The molecule has 0 spiro atoms. The second-order valence-corrected chi connectivity index (χ2v) is 4.49. The van der Waals surface area contributed by atoms with E-state index in [-0.39, 0.29) is 0 Å². The van der Waals surface area contributed by atoms with Crippen LogP contribution in [-0.4, -0.2) is 44.1 Å². The molecule has 0 aliphatic rings. The van der Waals surface area contributed by atoms with Gasteiger partial charge in [-0.25, -0.2) is 0 Å². The summed E-state index contributed by atoms with van der Waals surface area (Å²) in [7, 11) is 3.61. The molecule has 1 aromatic rings.